The van der Waals surface area contributed by atoms with Crippen LogP contribution in [0, 0.1) is 6.92 Å². The van der Waals surface area contributed by atoms with Crippen molar-refractivity contribution in [1.29, 1.82) is 0 Å². The van der Waals surface area contributed by atoms with E-state index in [1.54, 1.807) is 0 Å². The molecule has 1 heteroatoms. The van der Waals surface area contributed by atoms with E-state index < -0.39 is 0 Å². The lowest BCUT2D eigenvalue weighted by Crippen LogP contribution is -2.17. The molecular formula is C13H19N. The predicted molar refractivity (Wildman–Crippen MR) is 59.6 cm³/mol. The highest BCUT2D eigenvalue weighted by Crippen LogP contribution is 2.43. The second kappa shape index (κ2) is 3.08. The summed E-state index contributed by atoms with van der Waals surface area (Å²) < 4.78 is 0. The minimum absolute atomic E-state index is 0.232. The Kier molecular flexibility index (Phi) is 2.13. The monoisotopic (exact) mass is 189 g/mol. The van der Waals surface area contributed by atoms with E-state index in [9.17, 15) is 0 Å². The normalized spacial score (nSPS) is 17.1. The van der Waals surface area contributed by atoms with Crippen LogP contribution in [-0.4, -0.2) is 4.98 Å². The Morgan fingerprint density at radius 2 is 1.93 bits per heavy atom. The van der Waals surface area contributed by atoms with E-state index in [2.05, 4.69) is 38.7 Å². The van der Waals surface area contributed by atoms with E-state index in [1.807, 2.05) is 6.20 Å². The molecule has 0 N–H and O–H groups in total. The highest BCUT2D eigenvalue weighted by molar-refractivity contribution is 5.38. The Balaban J connectivity index is 2.53. The molecule has 0 spiro atoms. The first-order valence-corrected chi connectivity index (χ1v) is 5.46. The fraction of sp³-hybridized carbons (Fsp3) is 0.615. The SMILES string of the molecule is Cc1ccnc(C2CC2)c1C(C)(C)C. The van der Waals surface area contributed by atoms with Crippen LogP contribution in [0.25, 0.3) is 0 Å². The number of aryl methyl sites for hydroxylation is 1. The zero-order chi connectivity index (χ0) is 10.3. The van der Waals surface area contributed by atoms with Crippen LogP contribution in [0.5, 0.6) is 0 Å². The summed E-state index contributed by atoms with van der Waals surface area (Å²) in [4.78, 5) is 4.57. The number of pyridine rings is 1. The van der Waals surface area contributed by atoms with E-state index in [1.165, 1.54) is 29.7 Å². The molecule has 0 unspecified atom stereocenters. The molecule has 0 saturated heterocycles. The highest BCUT2D eigenvalue weighted by Gasteiger charge is 2.31. The minimum atomic E-state index is 0.232. The first kappa shape index (κ1) is 9.70. The first-order valence-electron chi connectivity index (χ1n) is 5.46. The standard InChI is InChI=1S/C13H19N/c1-9-7-8-14-12(10-5-6-10)11(9)13(2,3)4/h7-8,10H,5-6H2,1-4H3. The molecule has 1 aliphatic carbocycles. The van der Waals surface area contributed by atoms with Crippen molar-refractivity contribution in [2.45, 2.75) is 51.9 Å². The van der Waals surface area contributed by atoms with Crippen LogP contribution in [0.1, 0.15) is 56.4 Å². The lowest BCUT2D eigenvalue weighted by molar-refractivity contribution is 0.573. The van der Waals surface area contributed by atoms with Gasteiger partial charge in [0.25, 0.3) is 0 Å². The van der Waals surface area contributed by atoms with Gasteiger partial charge in [0.15, 0.2) is 0 Å². The topological polar surface area (TPSA) is 12.9 Å². The second-order valence-electron chi connectivity index (χ2n) is 5.41. The van der Waals surface area contributed by atoms with Gasteiger partial charge in [0, 0.05) is 17.8 Å². The molecule has 2 rings (SSSR count). The molecule has 1 heterocycles. The maximum Gasteiger partial charge on any atom is 0.0474 e. The van der Waals surface area contributed by atoms with Crippen molar-refractivity contribution >= 4 is 0 Å². The zero-order valence-electron chi connectivity index (χ0n) is 9.59. The highest BCUT2D eigenvalue weighted by atomic mass is 14.7. The fourth-order valence-corrected chi connectivity index (χ4v) is 2.22. The number of nitrogens with zero attached hydrogens (tertiary/aromatic N) is 1. The maximum atomic E-state index is 4.57. The van der Waals surface area contributed by atoms with Gasteiger partial charge in [-0.05, 0) is 42.4 Å². The molecule has 1 aromatic rings. The largest absolute Gasteiger partial charge is 0.261 e. The van der Waals surface area contributed by atoms with Crippen LogP contribution in [0.15, 0.2) is 12.3 Å². The minimum Gasteiger partial charge on any atom is -0.261 e. The van der Waals surface area contributed by atoms with Crippen LogP contribution in [-0.2, 0) is 5.41 Å². The smallest absolute Gasteiger partial charge is 0.0474 e. The van der Waals surface area contributed by atoms with Gasteiger partial charge in [0.1, 0.15) is 0 Å². The van der Waals surface area contributed by atoms with Crippen molar-refractivity contribution in [2.75, 3.05) is 0 Å². The van der Waals surface area contributed by atoms with Crippen LogP contribution in [0.3, 0.4) is 0 Å². The number of rotatable bonds is 1. The van der Waals surface area contributed by atoms with Gasteiger partial charge in [-0.2, -0.15) is 0 Å². The van der Waals surface area contributed by atoms with Gasteiger partial charge in [0.2, 0.25) is 0 Å². The van der Waals surface area contributed by atoms with Crippen LogP contribution in [0.4, 0.5) is 0 Å². The molecule has 1 aliphatic rings. The Morgan fingerprint density at radius 3 is 2.43 bits per heavy atom. The fourth-order valence-electron chi connectivity index (χ4n) is 2.22. The van der Waals surface area contributed by atoms with Crippen molar-refractivity contribution in [1.82, 2.24) is 4.98 Å². The van der Waals surface area contributed by atoms with Gasteiger partial charge in [-0.25, -0.2) is 0 Å². The van der Waals surface area contributed by atoms with Gasteiger partial charge in [-0.15, -0.1) is 0 Å². The second-order valence-corrected chi connectivity index (χ2v) is 5.41. The average Bonchev–Trinajstić information content (AvgIpc) is 2.83. The van der Waals surface area contributed by atoms with Gasteiger partial charge < -0.3 is 0 Å². The van der Waals surface area contributed by atoms with Gasteiger partial charge >= 0.3 is 0 Å². The maximum absolute atomic E-state index is 4.57. The molecule has 0 bridgehead atoms. The van der Waals surface area contributed by atoms with E-state index >= 15 is 0 Å². The molecule has 0 aliphatic heterocycles. The summed E-state index contributed by atoms with van der Waals surface area (Å²) in [6, 6.07) is 2.13. The van der Waals surface area contributed by atoms with Crippen LogP contribution >= 0.6 is 0 Å². The van der Waals surface area contributed by atoms with Crippen molar-refractivity contribution in [3.63, 3.8) is 0 Å². The van der Waals surface area contributed by atoms with E-state index in [0.717, 1.165) is 5.92 Å². The summed E-state index contributed by atoms with van der Waals surface area (Å²) in [7, 11) is 0. The summed E-state index contributed by atoms with van der Waals surface area (Å²) in [5.41, 5.74) is 4.46. The number of aromatic nitrogens is 1. The van der Waals surface area contributed by atoms with Gasteiger partial charge in [-0.1, -0.05) is 20.8 Å². The molecule has 0 radical (unpaired) electrons. The quantitative estimate of drug-likeness (QED) is 0.658. The molecule has 0 atom stereocenters. The molecule has 0 aromatic carbocycles. The molecule has 0 amide bonds. The van der Waals surface area contributed by atoms with E-state index in [-0.39, 0.29) is 5.41 Å². The molecule has 1 saturated carbocycles. The Hall–Kier alpha value is -0.850. The van der Waals surface area contributed by atoms with Gasteiger partial charge in [-0.3, -0.25) is 4.98 Å². The van der Waals surface area contributed by atoms with Gasteiger partial charge in [0.05, 0.1) is 0 Å². The average molecular weight is 189 g/mol. The van der Waals surface area contributed by atoms with Crippen molar-refractivity contribution in [3.8, 4) is 0 Å². The lowest BCUT2D eigenvalue weighted by Gasteiger charge is -2.24. The molecule has 1 aromatic heterocycles. The summed E-state index contributed by atoms with van der Waals surface area (Å²) in [5.74, 6) is 0.754. The first-order chi connectivity index (χ1) is 6.50. The number of hydrogen-bond acceptors (Lipinski definition) is 1. The summed E-state index contributed by atoms with van der Waals surface area (Å²) in [6.45, 7) is 9.04. The third-order valence-electron chi connectivity index (χ3n) is 2.90. The Morgan fingerprint density at radius 1 is 1.29 bits per heavy atom. The summed E-state index contributed by atoms with van der Waals surface area (Å²) in [6.07, 6.45) is 4.62. The molecule has 14 heavy (non-hydrogen) atoms. The molecular weight excluding hydrogens is 170 g/mol. The van der Waals surface area contributed by atoms with Crippen molar-refractivity contribution in [3.05, 3.63) is 29.1 Å². The third-order valence-corrected chi connectivity index (χ3v) is 2.90. The molecule has 1 nitrogen and oxygen atoms in total. The summed E-state index contributed by atoms with van der Waals surface area (Å²) >= 11 is 0. The Labute approximate surface area is 86.6 Å². The van der Waals surface area contributed by atoms with E-state index in [4.69, 9.17) is 0 Å². The third kappa shape index (κ3) is 1.68. The Bertz CT molecular complexity index is 343. The lowest BCUT2D eigenvalue weighted by atomic mass is 9.82. The molecule has 1 fully saturated rings. The predicted octanol–water partition coefficient (Wildman–Crippen LogP) is 3.56. The van der Waals surface area contributed by atoms with Crippen molar-refractivity contribution < 1.29 is 0 Å². The van der Waals surface area contributed by atoms with E-state index in [0.29, 0.717) is 0 Å². The zero-order valence-corrected chi connectivity index (χ0v) is 9.59. The molecule has 76 valence electrons. The summed E-state index contributed by atoms with van der Waals surface area (Å²) in [5, 5.41) is 0. The number of hydrogen-bond donors (Lipinski definition) is 0. The van der Waals surface area contributed by atoms with Crippen LogP contribution in [0.2, 0.25) is 0 Å². The van der Waals surface area contributed by atoms with Crippen LogP contribution < -0.4 is 0 Å². The van der Waals surface area contributed by atoms with Crippen molar-refractivity contribution in [2.24, 2.45) is 0 Å².